The van der Waals surface area contributed by atoms with Crippen LogP contribution < -0.4 is 15.4 Å². The number of carbonyl (C=O) groups excluding carboxylic acids is 1. The number of ether oxygens (including phenoxy) is 2. The summed E-state index contributed by atoms with van der Waals surface area (Å²) in [7, 11) is 1.62. The molecule has 1 saturated heterocycles. The topological polar surface area (TPSA) is 78.4 Å². The van der Waals surface area contributed by atoms with Gasteiger partial charge in [0, 0.05) is 51.4 Å². The molecule has 0 radical (unpaired) electrons. The number of methoxy groups -OCH3 is 1. The molecule has 1 amide bonds. The van der Waals surface area contributed by atoms with Crippen LogP contribution in [-0.4, -0.2) is 93.8 Å². The average Bonchev–Trinajstić information content (AvgIpc) is 2.73. The van der Waals surface area contributed by atoms with Crippen LogP contribution in [0.4, 0.5) is 0 Å². The first-order valence-corrected chi connectivity index (χ1v) is 10.8. The Balaban J connectivity index is 1.80. The van der Waals surface area contributed by atoms with Gasteiger partial charge in [-0.25, -0.2) is 4.99 Å². The van der Waals surface area contributed by atoms with E-state index in [9.17, 15) is 4.79 Å². The van der Waals surface area contributed by atoms with Crippen LogP contribution in [0.2, 0.25) is 5.02 Å². The molecule has 2 N–H and O–H groups in total. The van der Waals surface area contributed by atoms with Crippen molar-refractivity contribution in [1.82, 2.24) is 20.4 Å². The molecule has 1 fully saturated rings. The fourth-order valence-corrected chi connectivity index (χ4v) is 3.22. The summed E-state index contributed by atoms with van der Waals surface area (Å²) >= 11 is 5.92. The summed E-state index contributed by atoms with van der Waals surface area (Å²) in [5.74, 6) is 1.70. The zero-order chi connectivity index (χ0) is 21.8. The van der Waals surface area contributed by atoms with Gasteiger partial charge in [-0.15, -0.1) is 0 Å². The molecular weight excluding hydrogens is 406 g/mol. The van der Waals surface area contributed by atoms with E-state index in [-0.39, 0.29) is 12.0 Å². The number of guanidine groups is 1. The Morgan fingerprint density at radius 2 is 1.90 bits per heavy atom. The van der Waals surface area contributed by atoms with Gasteiger partial charge in [-0.1, -0.05) is 11.6 Å². The minimum atomic E-state index is -0.0584. The van der Waals surface area contributed by atoms with Crippen LogP contribution in [0.3, 0.4) is 0 Å². The normalized spacial score (nSPS) is 16.3. The standard InChI is InChI=1S/C21H34ClN5O3/c1-4-23-21(25-15-17(2)30-19-7-5-18(22)6-8-19)27-12-10-26(11-13-27)16-20(28)24-9-14-29-3/h5-8,17H,4,9-16H2,1-3H3,(H,23,25)(H,24,28). The quantitative estimate of drug-likeness (QED) is 0.326. The number of piperazine rings is 1. The van der Waals surface area contributed by atoms with Crippen molar-refractivity contribution in [3.63, 3.8) is 0 Å². The van der Waals surface area contributed by atoms with Crippen LogP contribution in [-0.2, 0) is 9.53 Å². The third kappa shape index (κ3) is 8.77. The van der Waals surface area contributed by atoms with Gasteiger partial charge in [-0.2, -0.15) is 0 Å². The van der Waals surface area contributed by atoms with E-state index in [1.807, 2.05) is 31.2 Å². The lowest BCUT2D eigenvalue weighted by molar-refractivity contribution is -0.122. The zero-order valence-electron chi connectivity index (χ0n) is 18.2. The number of carbonyl (C=O) groups is 1. The summed E-state index contributed by atoms with van der Waals surface area (Å²) in [6.07, 6.45) is -0.0584. The third-order valence-electron chi connectivity index (χ3n) is 4.65. The molecule has 168 valence electrons. The molecule has 1 aromatic carbocycles. The summed E-state index contributed by atoms with van der Waals surface area (Å²) in [5, 5.41) is 6.91. The molecule has 30 heavy (non-hydrogen) atoms. The Labute approximate surface area is 184 Å². The van der Waals surface area contributed by atoms with Gasteiger partial charge in [0.05, 0.1) is 19.7 Å². The number of hydrogen-bond acceptors (Lipinski definition) is 5. The third-order valence-corrected chi connectivity index (χ3v) is 4.90. The highest BCUT2D eigenvalue weighted by Crippen LogP contribution is 2.16. The van der Waals surface area contributed by atoms with Crippen LogP contribution in [0.1, 0.15) is 13.8 Å². The van der Waals surface area contributed by atoms with Crippen molar-refractivity contribution in [3.8, 4) is 5.75 Å². The lowest BCUT2D eigenvalue weighted by atomic mass is 10.3. The maximum Gasteiger partial charge on any atom is 0.234 e. The summed E-state index contributed by atoms with van der Waals surface area (Å²) in [6.45, 7) is 10.2. The highest BCUT2D eigenvalue weighted by Gasteiger charge is 2.21. The average molecular weight is 440 g/mol. The van der Waals surface area contributed by atoms with E-state index in [2.05, 4.69) is 27.4 Å². The van der Waals surface area contributed by atoms with Gasteiger partial charge in [0.25, 0.3) is 0 Å². The van der Waals surface area contributed by atoms with E-state index < -0.39 is 0 Å². The van der Waals surface area contributed by atoms with Gasteiger partial charge < -0.3 is 25.0 Å². The minimum Gasteiger partial charge on any atom is -0.489 e. The summed E-state index contributed by atoms with van der Waals surface area (Å²) < 4.78 is 10.9. The largest absolute Gasteiger partial charge is 0.489 e. The molecular formula is C21H34ClN5O3. The predicted molar refractivity (Wildman–Crippen MR) is 120 cm³/mol. The molecule has 0 aromatic heterocycles. The molecule has 0 bridgehead atoms. The molecule has 1 aliphatic rings. The Kier molecular flexibility index (Phi) is 10.8. The van der Waals surface area contributed by atoms with Crippen LogP contribution >= 0.6 is 11.6 Å². The van der Waals surface area contributed by atoms with E-state index in [0.717, 1.165) is 44.4 Å². The number of hydrogen-bond donors (Lipinski definition) is 2. The molecule has 1 heterocycles. The van der Waals surface area contributed by atoms with Gasteiger partial charge in [0.2, 0.25) is 5.91 Å². The summed E-state index contributed by atoms with van der Waals surface area (Å²) in [6, 6.07) is 7.35. The SMILES string of the molecule is CCNC(=NCC(C)Oc1ccc(Cl)cc1)N1CCN(CC(=O)NCCOC)CC1. The number of benzene rings is 1. The van der Waals surface area contributed by atoms with Crippen molar-refractivity contribution < 1.29 is 14.3 Å². The smallest absolute Gasteiger partial charge is 0.234 e. The van der Waals surface area contributed by atoms with E-state index in [4.69, 9.17) is 26.1 Å². The van der Waals surface area contributed by atoms with Crippen LogP contribution in [0, 0.1) is 0 Å². The number of rotatable bonds is 10. The first-order chi connectivity index (χ1) is 14.5. The molecule has 8 nitrogen and oxygen atoms in total. The van der Waals surface area contributed by atoms with Gasteiger partial charge in [-0.05, 0) is 38.1 Å². The van der Waals surface area contributed by atoms with Gasteiger partial charge in [-0.3, -0.25) is 9.69 Å². The maximum atomic E-state index is 12.0. The maximum absolute atomic E-state index is 12.0. The minimum absolute atomic E-state index is 0.0363. The van der Waals surface area contributed by atoms with Crippen molar-refractivity contribution in [2.75, 3.05) is 66.1 Å². The number of amides is 1. The summed E-state index contributed by atoms with van der Waals surface area (Å²) in [4.78, 5) is 21.1. The summed E-state index contributed by atoms with van der Waals surface area (Å²) in [5.41, 5.74) is 0. The van der Waals surface area contributed by atoms with E-state index >= 15 is 0 Å². The van der Waals surface area contributed by atoms with Crippen LogP contribution in [0.25, 0.3) is 0 Å². The van der Waals surface area contributed by atoms with Gasteiger partial charge >= 0.3 is 0 Å². The highest BCUT2D eigenvalue weighted by atomic mass is 35.5. The second-order valence-electron chi connectivity index (χ2n) is 7.18. The second kappa shape index (κ2) is 13.3. The lowest BCUT2D eigenvalue weighted by Crippen LogP contribution is -2.54. The number of nitrogens with one attached hydrogen (secondary N) is 2. The van der Waals surface area contributed by atoms with Crippen LogP contribution in [0.5, 0.6) is 5.75 Å². The number of halogens is 1. The van der Waals surface area contributed by atoms with Crippen molar-refractivity contribution in [1.29, 1.82) is 0 Å². The molecule has 1 unspecified atom stereocenters. The Morgan fingerprint density at radius 1 is 1.20 bits per heavy atom. The fourth-order valence-electron chi connectivity index (χ4n) is 3.09. The van der Waals surface area contributed by atoms with Gasteiger partial charge in [0.15, 0.2) is 5.96 Å². The predicted octanol–water partition coefficient (Wildman–Crippen LogP) is 1.45. The van der Waals surface area contributed by atoms with Crippen molar-refractivity contribution in [2.24, 2.45) is 4.99 Å². The highest BCUT2D eigenvalue weighted by molar-refractivity contribution is 6.30. The second-order valence-corrected chi connectivity index (χ2v) is 7.62. The Bertz CT molecular complexity index is 663. The first-order valence-electron chi connectivity index (χ1n) is 10.4. The number of nitrogens with zero attached hydrogens (tertiary/aromatic N) is 3. The van der Waals surface area contributed by atoms with Crippen LogP contribution in [0.15, 0.2) is 29.3 Å². The van der Waals surface area contributed by atoms with E-state index in [0.29, 0.717) is 31.3 Å². The van der Waals surface area contributed by atoms with Crippen molar-refractivity contribution in [2.45, 2.75) is 20.0 Å². The molecule has 9 heteroatoms. The van der Waals surface area contributed by atoms with Crippen molar-refractivity contribution in [3.05, 3.63) is 29.3 Å². The molecule has 1 atom stereocenters. The lowest BCUT2D eigenvalue weighted by Gasteiger charge is -2.36. The Hall–Kier alpha value is -2.03. The van der Waals surface area contributed by atoms with E-state index in [1.165, 1.54) is 0 Å². The monoisotopic (exact) mass is 439 g/mol. The molecule has 1 aliphatic heterocycles. The fraction of sp³-hybridized carbons (Fsp3) is 0.619. The van der Waals surface area contributed by atoms with Gasteiger partial charge in [0.1, 0.15) is 11.9 Å². The van der Waals surface area contributed by atoms with Crippen molar-refractivity contribution >= 4 is 23.5 Å². The van der Waals surface area contributed by atoms with E-state index in [1.54, 1.807) is 7.11 Å². The molecule has 2 rings (SSSR count). The molecule has 0 spiro atoms. The molecule has 0 aliphatic carbocycles. The number of aliphatic imine (C=N–C) groups is 1. The first kappa shape index (κ1) is 24.2. The Morgan fingerprint density at radius 3 is 2.53 bits per heavy atom. The molecule has 0 saturated carbocycles. The molecule has 1 aromatic rings. The zero-order valence-corrected chi connectivity index (χ0v) is 19.0.